The van der Waals surface area contributed by atoms with Crippen LogP contribution >= 0.6 is 0 Å². The Hall–Kier alpha value is -1.63. The molecule has 1 aliphatic heterocycles. The lowest BCUT2D eigenvalue weighted by Gasteiger charge is -2.19. The van der Waals surface area contributed by atoms with E-state index in [1.165, 1.54) is 0 Å². The van der Waals surface area contributed by atoms with Crippen LogP contribution in [0.2, 0.25) is 0 Å². The molecule has 1 saturated heterocycles. The van der Waals surface area contributed by atoms with Gasteiger partial charge >= 0.3 is 6.03 Å². The van der Waals surface area contributed by atoms with E-state index < -0.39 is 17.5 Å². The Kier molecular flexibility index (Phi) is 4.88. The van der Waals surface area contributed by atoms with E-state index in [9.17, 15) is 14.4 Å². The molecule has 0 aliphatic carbocycles. The summed E-state index contributed by atoms with van der Waals surface area (Å²) in [6.45, 7) is 4.86. The average molecular weight is 271 g/mol. The van der Waals surface area contributed by atoms with E-state index in [-0.39, 0.29) is 25.1 Å². The number of aliphatic hydroxyl groups is 1. The number of imide groups is 1. The number of rotatable bonds is 6. The van der Waals surface area contributed by atoms with Crippen molar-refractivity contribution in [1.82, 2.24) is 15.5 Å². The van der Waals surface area contributed by atoms with E-state index >= 15 is 0 Å². The van der Waals surface area contributed by atoms with E-state index in [2.05, 4.69) is 10.6 Å². The minimum absolute atomic E-state index is 0.0293. The predicted molar refractivity (Wildman–Crippen MR) is 68.2 cm³/mol. The zero-order valence-corrected chi connectivity index (χ0v) is 11.5. The third kappa shape index (κ3) is 3.44. The Morgan fingerprint density at radius 2 is 2.16 bits per heavy atom. The average Bonchev–Trinajstić information content (AvgIpc) is 2.54. The van der Waals surface area contributed by atoms with Gasteiger partial charge in [-0.05, 0) is 26.7 Å². The quantitative estimate of drug-likeness (QED) is 0.572. The van der Waals surface area contributed by atoms with Gasteiger partial charge in [-0.15, -0.1) is 0 Å². The number of carbonyl (C=O) groups is 3. The van der Waals surface area contributed by atoms with Crippen molar-refractivity contribution in [3.63, 3.8) is 0 Å². The minimum Gasteiger partial charge on any atom is -0.396 e. The molecule has 3 N–H and O–H groups in total. The second-order valence-corrected chi connectivity index (χ2v) is 4.99. The minimum atomic E-state index is -0.923. The number of aliphatic hydroxyl groups excluding tert-OH is 1. The summed E-state index contributed by atoms with van der Waals surface area (Å²) in [5, 5.41) is 13.9. The van der Waals surface area contributed by atoms with E-state index in [1.54, 1.807) is 20.8 Å². The van der Waals surface area contributed by atoms with E-state index in [4.69, 9.17) is 5.11 Å². The predicted octanol–water partition coefficient (Wildman–Crippen LogP) is -0.406. The molecule has 2 unspecified atom stereocenters. The number of amides is 4. The molecule has 0 aromatic heterocycles. The first kappa shape index (κ1) is 15.4. The molecule has 0 aromatic rings. The summed E-state index contributed by atoms with van der Waals surface area (Å²) >= 11 is 0. The van der Waals surface area contributed by atoms with Crippen LogP contribution in [-0.2, 0) is 9.59 Å². The topological polar surface area (TPSA) is 98.7 Å². The highest BCUT2D eigenvalue weighted by Gasteiger charge is 2.46. The highest BCUT2D eigenvalue weighted by Crippen LogP contribution is 2.20. The molecule has 108 valence electrons. The van der Waals surface area contributed by atoms with E-state index in [0.717, 1.165) is 4.90 Å². The fraction of sp³-hybridized carbons (Fsp3) is 0.750. The van der Waals surface area contributed by atoms with Crippen molar-refractivity contribution in [2.24, 2.45) is 0 Å². The molecule has 0 bridgehead atoms. The molecule has 0 saturated carbocycles. The van der Waals surface area contributed by atoms with Gasteiger partial charge in [-0.25, -0.2) is 4.79 Å². The molecule has 7 nitrogen and oxygen atoms in total. The third-order valence-electron chi connectivity index (χ3n) is 3.32. The molecule has 19 heavy (non-hydrogen) atoms. The molecule has 0 aromatic carbocycles. The second-order valence-electron chi connectivity index (χ2n) is 4.99. The largest absolute Gasteiger partial charge is 0.396 e. The fourth-order valence-electron chi connectivity index (χ4n) is 1.86. The maximum Gasteiger partial charge on any atom is 0.325 e. The molecular weight excluding hydrogens is 250 g/mol. The fourth-order valence-corrected chi connectivity index (χ4v) is 1.86. The summed E-state index contributed by atoms with van der Waals surface area (Å²) in [7, 11) is 0. The summed E-state index contributed by atoms with van der Waals surface area (Å²) in [6, 6.07) is -0.741. The highest BCUT2D eigenvalue weighted by molar-refractivity contribution is 6.08. The number of nitrogens with zero attached hydrogens (tertiary/aromatic N) is 1. The molecule has 4 amide bonds. The molecule has 7 heteroatoms. The summed E-state index contributed by atoms with van der Waals surface area (Å²) in [6.07, 6.45) is 0.898. The molecule has 2 atom stereocenters. The highest BCUT2D eigenvalue weighted by atomic mass is 16.3. The molecule has 0 radical (unpaired) electrons. The maximum absolute atomic E-state index is 12.0. The smallest absolute Gasteiger partial charge is 0.325 e. The van der Waals surface area contributed by atoms with Gasteiger partial charge < -0.3 is 15.7 Å². The van der Waals surface area contributed by atoms with Crippen LogP contribution in [0.25, 0.3) is 0 Å². The number of nitrogens with one attached hydrogen (secondary N) is 2. The van der Waals surface area contributed by atoms with Gasteiger partial charge in [0, 0.05) is 12.6 Å². The van der Waals surface area contributed by atoms with Crippen LogP contribution < -0.4 is 10.6 Å². The van der Waals surface area contributed by atoms with Gasteiger partial charge in [0.2, 0.25) is 5.91 Å². The Morgan fingerprint density at radius 1 is 1.53 bits per heavy atom. The molecule has 1 rings (SSSR count). The van der Waals surface area contributed by atoms with Gasteiger partial charge in [-0.1, -0.05) is 6.92 Å². The van der Waals surface area contributed by atoms with Crippen molar-refractivity contribution in [2.45, 2.75) is 45.2 Å². The zero-order chi connectivity index (χ0) is 14.6. The van der Waals surface area contributed by atoms with Crippen LogP contribution in [0.3, 0.4) is 0 Å². The first-order chi connectivity index (χ1) is 8.84. The zero-order valence-electron chi connectivity index (χ0n) is 11.5. The third-order valence-corrected chi connectivity index (χ3v) is 3.32. The van der Waals surface area contributed by atoms with Crippen LogP contribution in [0.5, 0.6) is 0 Å². The van der Waals surface area contributed by atoms with Crippen molar-refractivity contribution < 1.29 is 19.5 Å². The number of urea groups is 1. The first-order valence-corrected chi connectivity index (χ1v) is 6.38. The van der Waals surface area contributed by atoms with Gasteiger partial charge in [0.05, 0.1) is 0 Å². The summed E-state index contributed by atoms with van der Waals surface area (Å²) < 4.78 is 0. The maximum atomic E-state index is 12.0. The lowest BCUT2D eigenvalue weighted by molar-refractivity contribution is -0.134. The van der Waals surface area contributed by atoms with Gasteiger partial charge in [0.15, 0.2) is 0 Å². The number of hydrogen-bond acceptors (Lipinski definition) is 4. The first-order valence-electron chi connectivity index (χ1n) is 6.38. The molecular formula is C12H21N3O4. The van der Waals surface area contributed by atoms with Crippen molar-refractivity contribution in [3.8, 4) is 0 Å². The molecule has 1 heterocycles. The Bertz CT molecular complexity index is 385. The van der Waals surface area contributed by atoms with Crippen molar-refractivity contribution in [3.05, 3.63) is 0 Å². The van der Waals surface area contributed by atoms with Crippen LogP contribution in [0.15, 0.2) is 0 Å². The second kappa shape index (κ2) is 6.01. The molecule has 1 aliphatic rings. The molecule has 1 fully saturated rings. The SMILES string of the molecule is CCC1(C)NC(=O)N(CC(=O)NC(C)CCO)C1=O. The van der Waals surface area contributed by atoms with Crippen molar-refractivity contribution >= 4 is 17.8 Å². The summed E-state index contributed by atoms with van der Waals surface area (Å²) in [4.78, 5) is 36.3. The van der Waals surface area contributed by atoms with E-state index in [1.807, 2.05) is 0 Å². The van der Waals surface area contributed by atoms with Gasteiger partial charge in [0.25, 0.3) is 5.91 Å². The molecule has 0 spiro atoms. The Balaban J connectivity index is 2.60. The Morgan fingerprint density at radius 3 is 2.63 bits per heavy atom. The van der Waals surface area contributed by atoms with Gasteiger partial charge in [-0.2, -0.15) is 0 Å². The van der Waals surface area contributed by atoms with Crippen molar-refractivity contribution in [2.75, 3.05) is 13.2 Å². The number of hydrogen-bond donors (Lipinski definition) is 3. The Labute approximate surface area is 112 Å². The lowest BCUT2D eigenvalue weighted by Crippen LogP contribution is -2.45. The van der Waals surface area contributed by atoms with Crippen LogP contribution in [0.1, 0.15) is 33.6 Å². The van der Waals surface area contributed by atoms with Gasteiger partial charge in [-0.3, -0.25) is 14.5 Å². The van der Waals surface area contributed by atoms with Crippen LogP contribution in [0, 0.1) is 0 Å². The number of carbonyl (C=O) groups excluding carboxylic acids is 3. The van der Waals surface area contributed by atoms with E-state index in [0.29, 0.717) is 12.8 Å². The van der Waals surface area contributed by atoms with Crippen molar-refractivity contribution in [1.29, 1.82) is 0 Å². The van der Waals surface area contributed by atoms with Gasteiger partial charge in [0.1, 0.15) is 12.1 Å². The van der Waals surface area contributed by atoms with Crippen LogP contribution in [0.4, 0.5) is 4.79 Å². The lowest BCUT2D eigenvalue weighted by atomic mass is 9.99. The monoisotopic (exact) mass is 271 g/mol. The normalized spacial score (nSPS) is 24.3. The summed E-state index contributed by atoms with van der Waals surface area (Å²) in [5.74, 6) is -0.797. The summed E-state index contributed by atoms with van der Waals surface area (Å²) in [5.41, 5.74) is -0.923. The van der Waals surface area contributed by atoms with Crippen LogP contribution in [-0.4, -0.2) is 52.6 Å². The standard InChI is InChI=1S/C12H21N3O4/c1-4-12(3)10(18)15(11(19)14-12)7-9(17)13-8(2)5-6-16/h8,16H,4-7H2,1-3H3,(H,13,17)(H,14,19).